The molecule has 2 N–H and O–H groups in total. The van der Waals surface area contributed by atoms with Gasteiger partial charge in [-0.1, -0.05) is 38.1 Å². The highest BCUT2D eigenvalue weighted by Crippen LogP contribution is 2.18. The summed E-state index contributed by atoms with van der Waals surface area (Å²) in [5, 5.41) is 0. The molecule has 0 saturated carbocycles. The van der Waals surface area contributed by atoms with Gasteiger partial charge in [-0.05, 0) is 31.0 Å². The van der Waals surface area contributed by atoms with Gasteiger partial charge in [-0.15, -0.1) is 0 Å². The van der Waals surface area contributed by atoms with Crippen molar-refractivity contribution in [2.24, 2.45) is 5.73 Å². The van der Waals surface area contributed by atoms with Gasteiger partial charge in [-0.2, -0.15) is 0 Å². The monoisotopic (exact) mass is 264 g/mol. The summed E-state index contributed by atoms with van der Waals surface area (Å²) in [6, 6.07) is 8.72. The van der Waals surface area contributed by atoms with Crippen LogP contribution in [0.5, 0.6) is 0 Å². The summed E-state index contributed by atoms with van der Waals surface area (Å²) in [7, 11) is 2.08. The molecule has 1 atom stereocenters. The molecule has 0 spiro atoms. The van der Waals surface area contributed by atoms with Crippen LogP contribution in [0.4, 0.5) is 0 Å². The van der Waals surface area contributed by atoms with Crippen LogP contribution in [-0.2, 0) is 4.74 Å². The second-order valence-electron chi connectivity index (χ2n) is 5.39. The van der Waals surface area contributed by atoms with Gasteiger partial charge in [0.15, 0.2) is 0 Å². The first kappa shape index (κ1) is 16.2. The summed E-state index contributed by atoms with van der Waals surface area (Å²) in [6.07, 6.45) is 0. The highest BCUT2D eigenvalue weighted by Gasteiger charge is 2.09. The Morgan fingerprint density at radius 1 is 1.16 bits per heavy atom. The third-order valence-corrected chi connectivity index (χ3v) is 3.36. The number of rotatable bonds is 8. The van der Waals surface area contributed by atoms with Crippen LogP contribution in [0.15, 0.2) is 24.3 Å². The molecule has 0 aliphatic carbocycles. The van der Waals surface area contributed by atoms with E-state index < -0.39 is 0 Å². The number of nitrogens with zero attached hydrogens (tertiary/aromatic N) is 1. The Morgan fingerprint density at radius 2 is 1.74 bits per heavy atom. The minimum Gasteiger partial charge on any atom is -0.380 e. The molecule has 108 valence electrons. The Hall–Kier alpha value is -0.900. The van der Waals surface area contributed by atoms with Crippen molar-refractivity contribution in [3.8, 4) is 0 Å². The van der Waals surface area contributed by atoms with Crippen LogP contribution in [-0.4, -0.2) is 38.3 Å². The van der Waals surface area contributed by atoms with E-state index in [1.54, 1.807) is 0 Å². The van der Waals surface area contributed by atoms with Crippen molar-refractivity contribution in [1.82, 2.24) is 4.90 Å². The highest BCUT2D eigenvalue weighted by atomic mass is 16.5. The fraction of sp³-hybridized carbons (Fsp3) is 0.625. The van der Waals surface area contributed by atoms with E-state index in [4.69, 9.17) is 10.5 Å². The molecule has 3 heteroatoms. The number of likely N-dealkylation sites (N-methyl/N-ethyl adjacent to an activating group) is 1. The van der Waals surface area contributed by atoms with E-state index in [2.05, 4.69) is 50.1 Å². The topological polar surface area (TPSA) is 38.5 Å². The summed E-state index contributed by atoms with van der Waals surface area (Å²) < 4.78 is 5.35. The Balaban J connectivity index is 2.46. The predicted octanol–water partition coefficient (Wildman–Crippen LogP) is 2.78. The van der Waals surface area contributed by atoms with Gasteiger partial charge in [-0.3, -0.25) is 0 Å². The lowest BCUT2D eigenvalue weighted by atomic mass is 9.99. The van der Waals surface area contributed by atoms with E-state index in [0.29, 0.717) is 5.92 Å². The molecule has 0 radical (unpaired) electrons. The third-order valence-electron chi connectivity index (χ3n) is 3.36. The van der Waals surface area contributed by atoms with Crippen molar-refractivity contribution in [2.75, 3.05) is 33.4 Å². The molecule has 19 heavy (non-hydrogen) atoms. The number of hydrogen-bond acceptors (Lipinski definition) is 3. The summed E-state index contributed by atoms with van der Waals surface area (Å²) in [5.41, 5.74) is 8.81. The fourth-order valence-electron chi connectivity index (χ4n) is 2.03. The molecule has 0 aromatic heterocycles. The lowest BCUT2D eigenvalue weighted by Gasteiger charge is -2.21. The molecule has 3 nitrogen and oxygen atoms in total. The molecule has 0 amide bonds. The maximum Gasteiger partial charge on any atom is 0.0593 e. The first-order valence-corrected chi connectivity index (χ1v) is 7.16. The SMILES string of the molecule is CCOCCN(C)CC(N)c1ccc(C(C)C)cc1. The predicted molar refractivity (Wildman–Crippen MR) is 81.4 cm³/mol. The van der Waals surface area contributed by atoms with Gasteiger partial charge in [0.2, 0.25) is 0 Å². The van der Waals surface area contributed by atoms with Gasteiger partial charge < -0.3 is 15.4 Å². The third kappa shape index (κ3) is 5.72. The van der Waals surface area contributed by atoms with Crippen LogP contribution < -0.4 is 5.73 Å². The van der Waals surface area contributed by atoms with Gasteiger partial charge in [0, 0.05) is 25.7 Å². The quantitative estimate of drug-likeness (QED) is 0.734. The van der Waals surface area contributed by atoms with Crippen molar-refractivity contribution in [3.05, 3.63) is 35.4 Å². The van der Waals surface area contributed by atoms with Gasteiger partial charge >= 0.3 is 0 Å². The molecule has 1 aromatic rings. The van der Waals surface area contributed by atoms with Crippen LogP contribution in [0, 0.1) is 0 Å². The number of nitrogens with two attached hydrogens (primary N) is 1. The second-order valence-corrected chi connectivity index (χ2v) is 5.39. The lowest BCUT2D eigenvalue weighted by molar-refractivity contribution is 0.120. The molecule has 0 saturated heterocycles. The summed E-state index contributed by atoms with van der Waals surface area (Å²) in [4.78, 5) is 2.22. The first-order valence-electron chi connectivity index (χ1n) is 7.16. The molecular formula is C16H28N2O. The maximum absolute atomic E-state index is 6.24. The fourth-order valence-corrected chi connectivity index (χ4v) is 2.03. The molecule has 0 heterocycles. The van der Waals surface area contributed by atoms with E-state index in [1.165, 1.54) is 11.1 Å². The molecule has 0 aliphatic rings. The largest absolute Gasteiger partial charge is 0.380 e. The zero-order valence-electron chi connectivity index (χ0n) is 12.7. The Kier molecular flexibility index (Phi) is 7.06. The smallest absolute Gasteiger partial charge is 0.0593 e. The summed E-state index contributed by atoms with van der Waals surface area (Å²) in [6.45, 7) is 9.75. The average molecular weight is 264 g/mol. The standard InChI is InChI=1S/C16H28N2O/c1-5-19-11-10-18(4)12-16(17)15-8-6-14(7-9-15)13(2)3/h6-9,13,16H,5,10-12,17H2,1-4H3. The first-order chi connectivity index (χ1) is 9.04. The van der Waals surface area contributed by atoms with E-state index in [-0.39, 0.29) is 6.04 Å². The van der Waals surface area contributed by atoms with Crippen molar-refractivity contribution in [3.63, 3.8) is 0 Å². The van der Waals surface area contributed by atoms with E-state index in [1.807, 2.05) is 6.92 Å². The van der Waals surface area contributed by atoms with Crippen LogP contribution in [0.1, 0.15) is 43.9 Å². The van der Waals surface area contributed by atoms with E-state index >= 15 is 0 Å². The van der Waals surface area contributed by atoms with Gasteiger partial charge in [-0.25, -0.2) is 0 Å². The van der Waals surface area contributed by atoms with Crippen molar-refractivity contribution in [2.45, 2.75) is 32.7 Å². The highest BCUT2D eigenvalue weighted by molar-refractivity contribution is 5.26. The molecule has 1 rings (SSSR count). The Bertz CT molecular complexity index is 348. The Morgan fingerprint density at radius 3 is 2.26 bits per heavy atom. The Labute approximate surface area is 117 Å². The zero-order chi connectivity index (χ0) is 14.3. The lowest BCUT2D eigenvalue weighted by Crippen LogP contribution is -2.31. The number of benzene rings is 1. The van der Waals surface area contributed by atoms with Gasteiger partial charge in [0.05, 0.1) is 6.61 Å². The van der Waals surface area contributed by atoms with Gasteiger partial charge in [0.25, 0.3) is 0 Å². The molecular weight excluding hydrogens is 236 g/mol. The normalized spacial score (nSPS) is 13.2. The minimum absolute atomic E-state index is 0.0628. The molecule has 1 aromatic carbocycles. The molecule has 0 aliphatic heterocycles. The minimum atomic E-state index is 0.0628. The number of ether oxygens (including phenoxy) is 1. The van der Waals surface area contributed by atoms with Crippen molar-refractivity contribution >= 4 is 0 Å². The number of hydrogen-bond donors (Lipinski definition) is 1. The molecule has 0 bridgehead atoms. The second kappa shape index (κ2) is 8.31. The van der Waals surface area contributed by atoms with Crippen molar-refractivity contribution in [1.29, 1.82) is 0 Å². The zero-order valence-corrected chi connectivity index (χ0v) is 12.7. The molecule has 1 unspecified atom stereocenters. The van der Waals surface area contributed by atoms with Crippen molar-refractivity contribution < 1.29 is 4.74 Å². The van der Waals surface area contributed by atoms with Crippen LogP contribution in [0.3, 0.4) is 0 Å². The van der Waals surface area contributed by atoms with E-state index in [9.17, 15) is 0 Å². The maximum atomic E-state index is 6.24. The van der Waals surface area contributed by atoms with Crippen LogP contribution >= 0.6 is 0 Å². The molecule has 0 fully saturated rings. The summed E-state index contributed by atoms with van der Waals surface area (Å²) >= 11 is 0. The van der Waals surface area contributed by atoms with Crippen LogP contribution in [0.2, 0.25) is 0 Å². The average Bonchev–Trinajstić information content (AvgIpc) is 2.39. The van der Waals surface area contributed by atoms with E-state index in [0.717, 1.165) is 26.3 Å². The summed E-state index contributed by atoms with van der Waals surface area (Å²) in [5.74, 6) is 0.569. The van der Waals surface area contributed by atoms with Crippen LogP contribution in [0.25, 0.3) is 0 Å². The van der Waals surface area contributed by atoms with Gasteiger partial charge in [0.1, 0.15) is 0 Å².